The van der Waals surface area contributed by atoms with Crippen LogP contribution in [0.1, 0.15) is 20.7 Å². The Morgan fingerprint density at radius 2 is 1.48 bits per heavy atom. The highest BCUT2D eigenvalue weighted by molar-refractivity contribution is 6.05. The van der Waals surface area contributed by atoms with E-state index in [1.165, 1.54) is 24.3 Å². The Kier molecular flexibility index (Phi) is 9.54. The maximum absolute atomic E-state index is 13.9. The Morgan fingerprint density at radius 1 is 0.850 bits per heavy atom. The van der Waals surface area contributed by atoms with Crippen LogP contribution in [0.15, 0.2) is 66.7 Å². The van der Waals surface area contributed by atoms with Gasteiger partial charge in [-0.15, -0.1) is 0 Å². The van der Waals surface area contributed by atoms with Gasteiger partial charge in [-0.3, -0.25) is 4.79 Å². The number of nitrogens with one attached hydrogen (secondary N) is 1. The summed E-state index contributed by atoms with van der Waals surface area (Å²) in [6.45, 7) is 2.72. The normalized spacial score (nSPS) is 13.1. The maximum Gasteiger partial charge on any atom is 0.490 e. The second kappa shape index (κ2) is 12.8. The van der Waals surface area contributed by atoms with Crippen molar-refractivity contribution in [1.82, 2.24) is 0 Å². The predicted molar refractivity (Wildman–Crippen MR) is 139 cm³/mol. The lowest BCUT2D eigenvalue weighted by Crippen LogP contribution is -2.47. The topological polar surface area (TPSA) is 119 Å². The van der Waals surface area contributed by atoms with E-state index < -0.39 is 29.8 Å². The van der Waals surface area contributed by atoms with Crippen molar-refractivity contribution in [1.29, 1.82) is 0 Å². The molecule has 3 N–H and O–H groups in total. The number of benzene rings is 3. The van der Waals surface area contributed by atoms with Crippen LogP contribution in [0, 0.1) is 5.82 Å². The quantitative estimate of drug-likeness (QED) is 0.368. The van der Waals surface area contributed by atoms with Gasteiger partial charge < -0.3 is 30.1 Å². The number of rotatable bonds is 6. The zero-order valence-electron chi connectivity index (χ0n) is 21.1. The number of carboxylic acids is 2. The molecule has 0 aliphatic carbocycles. The summed E-state index contributed by atoms with van der Waals surface area (Å²) in [5.74, 6) is -4.34. The van der Waals surface area contributed by atoms with E-state index in [2.05, 4.69) is 10.2 Å². The molecule has 1 aliphatic rings. The van der Waals surface area contributed by atoms with Crippen LogP contribution in [0.25, 0.3) is 0 Å². The van der Waals surface area contributed by atoms with Crippen molar-refractivity contribution in [2.24, 2.45) is 0 Å². The lowest BCUT2D eigenvalue weighted by atomic mass is 10.1. The summed E-state index contributed by atoms with van der Waals surface area (Å²) < 4.78 is 50.9. The van der Waals surface area contributed by atoms with E-state index in [0.717, 1.165) is 24.5 Å². The molecule has 0 atom stereocenters. The monoisotopic (exact) mass is 563 g/mol. The number of carbonyl (C=O) groups is 3. The molecule has 40 heavy (non-hydrogen) atoms. The van der Waals surface area contributed by atoms with E-state index in [9.17, 15) is 32.3 Å². The number of hydrogen-bond acceptors (Lipinski definition) is 6. The first-order chi connectivity index (χ1) is 18.9. The van der Waals surface area contributed by atoms with Gasteiger partial charge in [-0.05, 0) is 42.5 Å². The molecule has 1 heterocycles. The highest BCUT2D eigenvalue weighted by atomic mass is 19.4. The number of anilines is 3. The number of carbonyl (C=O) groups excluding carboxylic acids is 1. The van der Waals surface area contributed by atoms with Gasteiger partial charge in [-0.1, -0.05) is 18.2 Å². The largest absolute Gasteiger partial charge is 0.497 e. The number of carboxylic acid groups (broad SMARTS) is 2. The summed E-state index contributed by atoms with van der Waals surface area (Å²) in [7, 11) is 1.63. The van der Waals surface area contributed by atoms with Gasteiger partial charge in [0.1, 0.15) is 11.6 Å². The Balaban J connectivity index is 0.000000559. The van der Waals surface area contributed by atoms with Crippen LogP contribution < -0.4 is 19.9 Å². The maximum atomic E-state index is 13.9. The molecule has 1 aliphatic heterocycles. The van der Waals surface area contributed by atoms with Crippen molar-refractivity contribution in [3.8, 4) is 5.75 Å². The number of halogens is 4. The van der Waals surface area contributed by atoms with Gasteiger partial charge in [0.15, 0.2) is 0 Å². The lowest BCUT2D eigenvalue weighted by Gasteiger charge is -2.38. The Morgan fingerprint density at radius 3 is 2.05 bits per heavy atom. The molecule has 0 aromatic heterocycles. The van der Waals surface area contributed by atoms with Crippen molar-refractivity contribution < 1.29 is 46.9 Å². The van der Waals surface area contributed by atoms with E-state index in [4.69, 9.17) is 14.6 Å². The molecule has 0 radical (unpaired) electrons. The van der Waals surface area contributed by atoms with Crippen LogP contribution in [0.5, 0.6) is 5.75 Å². The molecular weight excluding hydrogens is 538 g/mol. The van der Waals surface area contributed by atoms with Crippen molar-refractivity contribution in [3.63, 3.8) is 0 Å². The van der Waals surface area contributed by atoms with Gasteiger partial charge in [-0.2, -0.15) is 13.2 Å². The van der Waals surface area contributed by atoms with E-state index in [1.807, 2.05) is 29.2 Å². The van der Waals surface area contributed by atoms with Crippen molar-refractivity contribution in [2.75, 3.05) is 48.4 Å². The van der Waals surface area contributed by atoms with Crippen molar-refractivity contribution in [2.45, 2.75) is 6.18 Å². The minimum Gasteiger partial charge on any atom is -0.497 e. The molecule has 0 bridgehead atoms. The molecular formula is C27H25F4N3O6. The minimum atomic E-state index is -5.08. The van der Waals surface area contributed by atoms with Crippen LogP contribution in [0.2, 0.25) is 0 Å². The molecule has 1 fully saturated rings. The van der Waals surface area contributed by atoms with E-state index in [1.54, 1.807) is 25.3 Å². The highest BCUT2D eigenvalue weighted by Gasteiger charge is 2.38. The van der Waals surface area contributed by atoms with Crippen LogP contribution in [-0.2, 0) is 4.79 Å². The summed E-state index contributed by atoms with van der Waals surface area (Å²) in [6.07, 6.45) is -5.08. The minimum absolute atomic E-state index is 0.0798. The Labute approximate surface area is 226 Å². The van der Waals surface area contributed by atoms with Gasteiger partial charge >= 0.3 is 18.1 Å². The number of alkyl halides is 3. The van der Waals surface area contributed by atoms with Gasteiger partial charge in [0.2, 0.25) is 0 Å². The van der Waals surface area contributed by atoms with Crippen LogP contribution in [0.4, 0.5) is 34.6 Å². The molecule has 3 aromatic carbocycles. The van der Waals surface area contributed by atoms with Crippen LogP contribution >= 0.6 is 0 Å². The van der Waals surface area contributed by atoms with Gasteiger partial charge in [0.05, 0.1) is 23.9 Å². The molecule has 1 saturated heterocycles. The molecule has 9 nitrogen and oxygen atoms in total. The second-order valence-electron chi connectivity index (χ2n) is 8.45. The fourth-order valence-electron chi connectivity index (χ4n) is 3.92. The SMILES string of the molecule is COc1cccc(N2CCN(c3ccc(NC(=O)c4ccccc4F)cc3C(=O)O)CC2)c1.O=C(O)C(F)(F)F. The first kappa shape index (κ1) is 29.7. The van der Waals surface area contributed by atoms with Crippen molar-refractivity contribution in [3.05, 3.63) is 83.7 Å². The van der Waals surface area contributed by atoms with Gasteiger partial charge in [0.25, 0.3) is 5.91 Å². The average Bonchev–Trinajstić information content (AvgIpc) is 2.93. The predicted octanol–water partition coefficient (Wildman–Crippen LogP) is 4.74. The number of nitrogens with zero attached hydrogens (tertiary/aromatic N) is 2. The third-order valence-corrected chi connectivity index (χ3v) is 5.88. The number of piperazine rings is 1. The first-order valence-corrected chi connectivity index (χ1v) is 11.8. The number of hydrogen-bond donors (Lipinski definition) is 3. The smallest absolute Gasteiger partial charge is 0.490 e. The summed E-state index contributed by atoms with van der Waals surface area (Å²) in [5, 5.41) is 19.5. The van der Waals surface area contributed by atoms with Gasteiger partial charge in [-0.25, -0.2) is 14.0 Å². The van der Waals surface area contributed by atoms with E-state index in [-0.39, 0.29) is 11.1 Å². The van der Waals surface area contributed by atoms with E-state index >= 15 is 0 Å². The van der Waals surface area contributed by atoms with Crippen LogP contribution in [0.3, 0.4) is 0 Å². The fourth-order valence-corrected chi connectivity index (χ4v) is 3.92. The molecule has 0 unspecified atom stereocenters. The third kappa shape index (κ3) is 7.62. The standard InChI is InChI=1S/C25H24FN3O4.C2HF3O2/c1-33-19-6-4-5-18(16-19)28-11-13-29(14-12-28)23-10-9-17(15-21(23)25(31)32)27-24(30)20-7-2-3-8-22(20)26;3-2(4,5)1(6)7/h2-10,15-16H,11-14H2,1H3,(H,27,30)(H,31,32);(H,6,7). The third-order valence-electron chi connectivity index (χ3n) is 5.88. The molecule has 0 spiro atoms. The fraction of sp³-hybridized carbons (Fsp3) is 0.222. The number of aromatic carboxylic acids is 1. The summed E-state index contributed by atoms with van der Waals surface area (Å²) in [5.41, 5.74) is 1.90. The Hall–Kier alpha value is -4.81. The Bertz CT molecular complexity index is 1370. The molecule has 3 aromatic rings. The summed E-state index contributed by atoms with van der Waals surface area (Å²) in [6, 6.07) is 18.2. The number of methoxy groups -OCH3 is 1. The molecule has 4 rings (SSSR count). The zero-order valence-corrected chi connectivity index (χ0v) is 21.1. The number of ether oxygens (including phenoxy) is 1. The second-order valence-corrected chi connectivity index (χ2v) is 8.45. The van der Waals surface area contributed by atoms with Crippen molar-refractivity contribution >= 4 is 34.9 Å². The number of amides is 1. The zero-order chi connectivity index (χ0) is 29.4. The summed E-state index contributed by atoms with van der Waals surface area (Å²) >= 11 is 0. The molecule has 0 saturated carbocycles. The first-order valence-electron chi connectivity index (χ1n) is 11.8. The molecule has 212 valence electrons. The summed E-state index contributed by atoms with van der Waals surface area (Å²) in [4.78, 5) is 37.5. The molecule has 13 heteroatoms. The number of aliphatic carboxylic acids is 1. The average molecular weight is 564 g/mol. The van der Waals surface area contributed by atoms with Gasteiger partial charge in [0, 0.05) is 43.6 Å². The van der Waals surface area contributed by atoms with E-state index in [0.29, 0.717) is 24.5 Å². The molecule has 1 amide bonds. The highest BCUT2D eigenvalue weighted by Crippen LogP contribution is 2.28. The van der Waals surface area contributed by atoms with Crippen LogP contribution in [-0.4, -0.2) is 67.5 Å². The lowest BCUT2D eigenvalue weighted by molar-refractivity contribution is -0.192.